The van der Waals surface area contributed by atoms with Gasteiger partial charge in [0.25, 0.3) is 0 Å². The van der Waals surface area contributed by atoms with Crippen LogP contribution < -0.4 is 35.4 Å². The van der Waals surface area contributed by atoms with Crippen LogP contribution in [0.25, 0.3) is 0 Å². The zero-order valence-electron chi connectivity index (χ0n) is 22.5. The van der Waals surface area contributed by atoms with Crippen LogP contribution in [0.4, 0.5) is 4.79 Å². The van der Waals surface area contributed by atoms with Crippen molar-refractivity contribution in [3.05, 3.63) is 72.8 Å². The summed E-state index contributed by atoms with van der Waals surface area (Å²) >= 11 is 4.52. The number of amides is 1. The summed E-state index contributed by atoms with van der Waals surface area (Å²) in [5, 5.41) is 11.8. The molecule has 0 saturated heterocycles. The Bertz CT molecular complexity index is 1030. The minimum absolute atomic E-state index is 0.514. The molecule has 3 rings (SSSR count). The number of ether oxygens (including phenoxy) is 3. The summed E-state index contributed by atoms with van der Waals surface area (Å²) in [5.41, 5.74) is 0. The third-order valence-electron chi connectivity index (χ3n) is 7.11. The molecule has 38 heavy (non-hydrogen) atoms. The average molecular weight is 605 g/mol. The fraction of sp³-hybridized carbons (Fsp3) is 0.367. The van der Waals surface area contributed by atoms with Crippen LogP contribution in [0, 0.1) is 0 Å². The molecule has 8 heteroatoms. The van der Waals surface area contributed by atoms with Gasteiger partial charge >= 0.3 is 235 Å². The molecule has 0 aliphatic carbocycles. The zero-order chi connectivity index (χ0) is 27.5. The van der Waals surface area contributed by atoms with E-state index >= 15 is 0 Å². The first-order chi connectivity index (χ1) is 18.3. The average Bonchev–Trinajstić information content (AvgIpc) is 2.96. The van der Waals surface area contributed by atoms with Crippen LogP contribution in [0.5, 0.6) is 17.2 Å². The van der Waals surface area contributed by atoms with E-state index in [2.05, 4.69) is 57.2 Å². The molecule has 0 unspecified atom stereocenters. The van der Waals surface area contributed by atoms with E-state index in [1.165, 1.54) is 15.9 Å². The maximum absolute atomic E-state index is 10.6. The van der Waals surface area contributed by atoms with Gasteiger partial charge < -0.3 is 0 Å². The second-order valence-corrected chi connectivity index (χ2v) is 18.4. The van der Waals surface area contributed by atoms with Crippen molar-refractivity contribution in [2.75, 3.05) is 34.0 Å². The SMILES string of the molecule is COc1ccc(P(Br)(CCCCCCCCNC(=O)O)(c2ccc(OC)cc2)c2ccc(OC)cc2)cc1. The molecule has 206 valence electrons. The molecule has 0 spiro atoms. The van der Waals surface area contributed by atoms with E-state index in [0.717, 1.165) is 61.9 Å². The summed E-state index contributed by atoms with van der Waals surface area (Å²) in [7, 11) is 5.06. The van der Waals surface area contributed by atoms with Gasteiger partial charge in [-0.25, -0.2) is 0 Å². The van der Waals surface area contributed by atoms with Gasteiger partial charge in [0, 0.05) is 0 Å². The van der Waals surface area contributed by atoms with Crippen molar-refractivity contribution >= 4 is 42.8 Å². The van der Waals surface area contributed by atoms with Gasteiger partial charge in [0.2, 0.25) is 0 Å². The van der Waals surface area contributed by atoms with E-state index < -0.39 is 11.4 Å². The van der Waals surface area contributed by atoms with Crippen LogP contribution in [0.3, 0.4) is 0 Å². The van der Waals surface area contributed by atoms with Gasteiger partial charge in [-0.1, -0.05) is 0 Å². The van der Waals surface area contributed by atoms with Crippen molar-refractivity contribution in [1.82, 2.24) is 5.32 Å². The van der Waals surface area contributed by atoms with Gasteiger partial charge in [0.05, 0.1) is 0 Å². The van der Waals surface area contributed by atoms with Crippen LogP contribution >= 0.6 is 20.8 Å². The molecule has 0 bridgehead atoms. The summed E-state index contributed by atoms with van der Waals surface area (Å²) < 4.78 is 16.4. The first kappa shape index (κ1) is 29.8. The number of halogens is 1. The van der Waals surface area contributed by atoms with E-state index in [0.29, 0.717) is 6.54 Å². The Labute approximate surface area is 234 Å². The monoisotopic (exact) mass is 603 g/mol. The molecule has 0 fully saturated rings. The Balaban J connectivity index is 1.96. The number of rotatable bonds is 15. The van der Waals surface area contributed by atoms with Crippen LogP contribution in [-0.2, 0) is 0 Å². The molecule has 0 atom stereocenters. The van der Waals surface area contributed by atoms with Gasteiger partial charge in [-0.15, -0.1) is 0 Å². The van der Waals surface area contributed by atoms with Crippen LogP contribution in [-0.4, -0.2) is 45.2 Å². The Morgan fingerprint density at radius 2 is 1.00 bits per heavy atom. The third kappa shape index (κ3) is 6.81. The predicted molar refractivity (Wildman–Crippen MR) is 162 cm³/mol. The second kappa shape index (κ2) is 13.9. The fourth-order valence-corrected chi connectivity index (χ4v) is 12.6. The molecule has 3 aromatic carbocycles. The topological polar surface area (TPSA) is 77.0 Å². The number of nitrogens with one attached hydrogen (secondary N) is 1. The van der Waals surface area contributed by atoms with E-state index in [9.17, 15) is 4.79 Å². The van der Waals surface area contributed by atoms with Gasteiger partial charge in [-0.05, 0) is 0 Å². The number of hydrogen-bond acceptors (Lipinski definition) is 4. The molecule has 0 aliphatic heterocycles. The molecule has 2 N–H and O–H groups in total. The summed E-state index contributed by atoms with van der Waals surface area (Å²) in [4.78, 5) is 10.6. The van der Waals surface area contributed by atoms with Gasteiger partial charge in [-0.3, -0.25) is 0 Å². The number of carbonyl (C=O) groups is 1. The molecule has 0 saturated carbocycles. The molecule has 0 aliphatic rings. The Morgan fingerprint density at radius 1 is 0.658 bits per heavy atom. The van der Waals surface area contributed by atoms with E-state index in [4.69, 9.17) is 19.3 Å². The van der Waals surface area contributed by atoms with Crippen molar-refractivity contribution in [3.63, 3.8) is 0 Å². The number of benzene rings is 3. The number of carboxylic acid groups (broad SMARTS) is 1. The van der Waals surface area contributed by atoms with Gasteiger partial charge in [-0.2, -0.15) is 0 Å². The van der Waals surface area contributed by atoms with Crippen LogP contribution in [0.1, 0.15) is 38.5 Å². The molecule has 1 amide bonds. The van der Waals surface area contributed by atoms with Gasteiger partial charge in [0.1, 0.15) is 0 Å². The third-order valence-corrected chi connectivity index (χ3v) is 17.1. The second-order valence-electron chi connectivity index (χ2n) is 9.35. The molecule has 0 heterocycles. The predicted octanol–water partition coefficient (Wildman–Crippen LogP) is 6.46. The Kier molecular flexibility index (Phi) is 10.9. The Hall–Kier alpha value is -2.76. The summed E-state index contributed by atoms with van der Waals surface area (Å²) in [5.74, 6) is 2.48. The zero-order valence-corrected chi connectivity index (χ0v) is 25.0. The van der Waals surface area contributed by atoms with Crippen LogP contribution in [0.15, 0.2) is 72.8 Å². The number of hydrogen-bond donors (Lipinski definition) is 2. The fourth-order valence-electron chi connectivity index (χ4n) is 4.95. The van der Waals surface area contributed by atoms with Crippen molar-refractivity contribution in [1.29, 1.82) is 0 Å². The van der Waals surface area contributed by atoms with E-state index in [-0.39, 0.29) is 0 Å². The van der Waals surface area contributed by atoms with E-state index in [1.807, 2.05) is 36.4 Å². The molecule has 0 radical (unpaired) electrons. The number of methoxy groups -OCH3 is 3. The standard InChI is InChI=1S/C30H39BrNO5P/c1-35-24-10-16-27(17-11-24)38(31,28-18-12-25(36-2)13-19-28,29-20-14-26(37-3)15-21-29)23-9-7-5-4-6-8-22-32-30(33)34/h10-21,32H,4-9,22-23H2,1-3H3,(H,33,34). The van der Waals surface area contributed by atoms with Gasteiger partial charge in [0.15, 0.2) is 0 Å². The molecule has 3 aromatic rings. The van der Waals surface area contributed by atoms with Crippen molar-refractivity contribution in [2.45, 2.75) is 38.5 Å². The minimum atomic E-state index is -3.07. The molecule has 6 nitrogen and oxygen atoms in total. The molecule has 0 aromatic heterocycles. The van der Waals surface area contributed by atoms with E-state index in [1.54, 1.807) is 21.3 Å². The van der Waals surface area contributed by atoms with Crippen molar-refractivity contribution < 1.29 is 24.1 Å². The van der Waals surface area contributed by atoms with Crippen molar-refractivity contribution in [3.8, 4) is 17.2 Å². The first-order valence-electron chi connectivity index (χ1n) is 13.0. The number of unbranched alkanes of at least 4 members (excludes halogenated alkanes) is 5. The van der Waals surface area contributed by atoms with Crippen molar-refractivity contribution in [2.24, 2.45) is 0 Å². The summed E-state index contributed by atoms with van der Waals surface area (Å²) in [6, 6.07) is 25.4. The first-order valence-corrected chi connectivity index (χ1v) is 17.4. The maximum atomic E-state index is 10.6. The molecular formula is C30H39BrNO5P. The summed E-state index contributed by atoms with van der Waals surface area (Å²) in [6.45, 7) is 0.514. The van der Waals surface area contributed by atoms with Crippen LogP contribution in [0.2, 0.25) is 0 Å². The Morgan fingerprint density at radius 3 is 1.34 bits per heavy atom. The normalized spacial score (nSPS) is 12.3. The summed E-state index contributed by atoms with van der Waals surface area (Å²) in [6.07, 6.45) is 6.23. The molecular weight excluding hydrogens is 565 g/mol. The quantitative estimate of drug-likeness (QED) is 0.154.